The maximum absolute atomic E-state index is 12.6. The molecule has 2 N–H and O–H groups in total. The van der Waals surface area contributed by atoms with Crippen molar-refractivity contribution in [1.82, 2.24) is 4.90 Å². The van der Waals surface area contributed by atoms with E-state index in [1.54, 1.807) is 29.2 Å². The van der Waals surface area contributed by atoms with E-state index in [1.807, 2.05) is 18.2 Å². The number of amides is 3. The molecule has 0 radical (unpaired) electrons. The summed E-state index contributed by atoms with van der Waals surface area (Å²) < 4.78 is 10.8. The zero-order valence-electron chi connectivity index (χ0n) is 15.6. The fourth-order valence-electron chi connectivity index (χ4n) is 3.33. The van der Waals surface area contributed by atoms with Crippen LogP contribution in [0.15, 0.2) is 42.5 Å². The first kappa shape index (κ1) is 18.0. The third-order valence-electron chi connectivity index (χ3n) is 4.72. The molecule has 2 aromatic carbocycles. The van der Waals surface area contributed by atoms with E-state index in [4.69, 9.17) is 9.47 Å². The number of nitrogens with one attached hydrogen (secondary N) is 2. The molecular weight excluding hydrogens is 360 g/mol. The summed E-state index contributed by atoms with van der Waals surface area (Å²) in [5.41, 5.74) is 2.36. The Kier molecular flexibility index (Phi) is 4.92. The highest BCUT2D eigenvalue weighted by Gasteiger charge is 2.23. The Morgan fingerprint density at radius 1 is 0.893 bits per heavy atom. The number of hydrogen-bond donors (Lipinski definition) is 2. The summed E-state index contributed by atoms with van der Waals surface area (Å²) in [5.74, 6) is 1.38. The van der Waals surface area contributed by atoms with E-state index in [1.165, 1.54) is 6.92 Å². The first-order chi connectivity index (χ1) is 13.6. The lowest BCUT2D eigenvalue weighted by Gasteiger charge is -2.36. The van der Waals surface area contributed by atoms with Gasteiger partial charge in [-0.1, -0.05) is 6.07 Å². The molecule has 2 aliphatic heterocycles. The van der Waals surface area contributed by atoms with Crippen LogP contribution in [-0.2, 0) is 4.79 Å². The molecule has 0 aliphatic carbocycles. The van der Waals surface area contributed by atoms with E-state index >= 15 is 0 Å². The van der Waals surface area contributed by atoms with Gasteiger partial charge in [-0.25, -0.2) is 4.79 Å². The standard InChI is InChI=1S/C20H22N4O4/c1-14(25)21-15-3-2-4-16(11-15)22-20(26)24-9-7-23(8-10-24)17-5-6-18-19(12-17)28-13-27-18/h2-6,11-12H,7-10,13H2,1H3,(H,21,25)(H,22,26). The van der Waals surface area contributed by atoms with Crippen molar-refractivity contribution in [3.8, 4) is 11.5 Å². The minimum atomic E-state index is -0.150. The first-order valence-corrected chi connectivity index (χ1v) is 9.17. The first-order valence-electron chi connectivity index (χ1n) is 9.17. The number of hydrogen-bond acceptors (Lipinski definition) is 5. The molecule has 0 spiro atoms. The van der Waals surface area contributed by atoms with Crippen LogP contribution in [0, 0.1) is 0 Å². The Labute approximate surface area is 163 Å². The number of urea groups is 1. The Balaban J connectivity index is 1.33. The number of carbonyl (C=O) groups is 2. The van der Waals surface area contributed by atoms with Crippen LogP contribution in [0.4, 0.5) is 21.9 Å². The molecule has 8 nitrogen and oxygen atoms in total. The summed E-state index contributed by atoms with van der Waals surface area (Å²) in [7, 11) is 0. The number of anilines is 3. The second-order valence-electron chi connectivity index (χ2n) is 6.70. The van der Waals surface area contributed by atoms with Gasteiger partial charge in [-0.15, -0.1) is 0 Å². The summed E-state index contributed by atoms with van der Waals surface area (Å²) in [5, 5.41) is 5.60. The van der Waals surface area contributed by atoms with Crippen molar-refractivity contribution in [2.24, 2.45) is 0 Å². The minimum absolute atomic E-state index is 0.148. The molecule has 3 amide bonds. The van der Waals surface area contributed by atoms with Crippen molar-refractivity contribution in [1.29, 1.82) is 0 Å². The quantitative estimate of drug-likeness (QED) is 0.853. The lowest BCUT2D eigenvalue weighted by Crippen LogP contribution is -2.50. The number of carbonyl (C=O) groups excluding carboxylic acids is 2. The zero-order chi connectivity index (χ0) is 19.5. The highest BCUT2D eigenvalue weighted by atomic mass is 16.7. The van der Waals surface area contributed by atoms with E-state index in [2.05, 4.69) is 15.5 Å². The van der Waals surface area contributed by atoms with Gasteiger partial charge in [0.05, 0.1) is 0 Å². The van der Waals surface area contributed by atoms with Gasteiger partial charge in [0.25, 0.3) is 0 Å². The van der Waals surface area contributed by atoms with E-state index < -0.39 is 0 Å². The Morgan fingerprint density at radius 2 is 1.61 bits per heavy atom. The van der Waals surface area contributed by atoms with Crippen LogP contribution in [0.25, 0.3) is 0 Å². The molecule has 2 heterocycles. The second-order valence-corrected chi connectivity index (χ2v) is 6.70. The highest BCUT2D eigenvalue weighted by molar-refractivity contribution is 5.92. The lowest BCUT2D eigenvalue weighted by atomic mass is 10.2. The Morgan fingerprint density at radius 3 is 2.36 bits per heavy atom. The number of ether oxygens (including phenoxy) is 2. The SMILES string of the molecule is CC(=O)Nc1cccc(NC(=O)N2CCN(c3ccc4c(c3)OCO4)CC2)c1. The summed E-state index contributed by atoms with van der Waals surface area (Å²) >= 11 is 0. The van der Waals surface area contributed by atoms with E-state index in [9.17, 15) is 9.59 Å². The lowest BCUT2D eigenvalue weighted by molar-refractivity contribution is -0.114. The minimum Gasteiger partial charge on any atom is -0.454 e. The molecule has 8 heteroatoms. The van der Waals surface area contributed by atoms with Gasteiger partial charge in [0, 0.05) is 56.2 Å². The van der Waals surface area contributed by atoms with Crippen LogP contribution < -0.4 is 25.0 Å². The van der Waals surface area contributed by atoms with Crippen LogP contribution in [-0.4, -0.2) is 49.8 Å². The molecule has 0 unspecified atom stereocenters. The van der Waals surface area contributed by atoms with E-state index in [0.29, 0.717) is 24.5 Å². The van der Waals surface area contributed by atoms with Gasteiger partial charge in [-0.3, -0.25) is 4.79 Å². The molecule has 4 rings (SSSR count). The van der Waals surface area contributed by atoms with E-state index in [0.717, 1.165) is 30.3 Å². The van der Waals surface area contributed by atoms with Crippen molar-refractivity contribution < 1.29 is 19.1 Å². The fraction of sp³-hybridized carbons (Fsp3) is 0.300. The van der Waals surface area contributed by atoms with Gasteiger partial charge in [-0.2, -0.15) is 0 Å². The summed E-state index contributed by atoms with van der Waals surface area (Å²) in [6.07, 6.45) is 0. The number of rotatable bonds is 3. The average molecular weight is 382 g/mol. The van der Waals surface area contributed by atoms with E-state index in [-0.39, 0.29) is 18.7 Å². The van der Waals surface area contributed by atoms with Crippen LogP contribution in [0.3, 0.4) is 0 Å². The molecule has 2 aliphatic rings. The average Bonchev–Trinajstić information content (AvgIpc) is 3.15. The predicted octanol–water partition coefficient (Wildman–Crippen LogP) is 2.73. The largest absolute Gasteiger partial charge is 0.454 e. The maximum Gasteiger partial charge on any atom is 0.321 e. The summed E-state index contributed by atoms with van der Waals surface area (Å²) in [4.78, 5) is 27.8. The van der Waals surface area contributed by atoms with Crippen LogP contribution >= 0.6 is 0 Å². The molecule has 0 atom stereocenters. The van der Waals surface area contributed by atoms with Crippen LogP contribution in [0.5, 0.6) is 11.5 Å². The van der Waals surface area contributed by atoms with Gasteiger partial charge in [-0.05, 0) is 30.3 Å². The summed E-state index contributed by atoms with van der Waals surface area (Å²) in [6.45, 7) is 4.41. The van der Waals surface area contributed by atoms with Gasteiger partial charge in [0.15, 0.2) is 11.5 Å². The molecule has 2 aromatic rings. The van der Waals surface area contributed by atoms with Gasteiger partial charge >= 0.3 is 6.03 Å². The smallest absolute Gasteiger partial charge is 0.321 e. The Bertz CT molecular complexity index is 894. The Hall–Kier alpha value is -3.42. The number of piperazine rings is 1. The van der Waals surface area contributed by atoms with Crippen molar-refractivity contribution in [2.45, 2.75) is 6.92 Å². The third-order valence-corrected chi connectivity index (χ3v) is 4.72. The van der Waals surface area contributed by atoms with Crippen molar-refractivity contribution >= 4 is 29.0 Å². The van der Waals surface area contributed by atoms with Gasteiger partial charge in [0.1, 0.15) is 0 Å². The van der Waals surface area contributed by atoms with Gasteiger partial charge < -0.3 is 29.9 Å². The third kappa shape index (κ3) is 3.95. The molecule has 1 fully saturated rings. The van der Waals surface area contributed by atoms with Crippen LogP contribution in [0.1, 0.15) is 6.92 Å². The second kappa shape index (κ2) is 7.67. The summed E-state index contributed by atoms with van der Waals surface area (Å²) in [6, 6.07) is 12.9. The topological polar surface area (TPSA) is 83.1 Å². The molecule has 146 valence electrons. The molecule has 0 bridgehead atoms. The van der Waals surface area contributed by atoms with Crippen LogP contribution in [0.2, 0.25) is 0 Å². The fourth-order valence-corrected chi connectivity index (χ4v) is 3.33. The number of nitrogens with zero attached hydrogens (tertiary/aromatic N) is 2. The normalized spacial score (nSPS) is 15.3. The molecule has 0 saturated carbocycles. The number of fused-ring (bicyclic) bond motifs is 1. The van der Waals surface area contributed by atoms with Crippen molar-refractivity contribution in [3.05, 3.63) is 42.5 Å². The van der Waals surface area contributed by atoms with Crippen molar-refractivity contribution in [3.63, 3.8) is 0 Å². The maximum atomic E-state index is 12.6. The van der Waals surface area contributed by atoms with Gasteiger partial charge in [0.2, 0.25) is 12.7 Å². The molecule has 28 heavy (non-hydrogen) atoms. The molecular formula is C20H22N4O4. The van der Waals surface area contributed by atoms with Crippen molar-refractivity contribution in [2.75, 3.05) is 48.5 Å². The molecule has 1 saturated heterocycles. The zero-order valence-corrected chi connectivity index (χ0v) is 15.6. The predicted molar refractivity (Wildman–Crippen MR) is 106 cm³/mol. The highest BCUT2D eigenvalue weighted by Crippen LogP contribution is 2.35. The monoisotopic (exact) mass is 382 g/mol. The molecule has 0 aromatic heterocycles. The number of benzene rings is 2.